The Bertz CT molecular complexity index is 1770. The van der Waals surface area contributed by atoms with Crippen LogP contribution in [0.4, 0.5) is 10.5 Å². The molecular weight excluding hydrogens is 718 g/mol. The van der Waals surface area contributed by atoms with E-state index in [1.165, 1.54) is 13.2 Å². The lowest BCUT2D eigenvalue weighted by Crippen LogP contribution is -2.54. The Morgan fingerprint density at radius 1 is 0.841 bits per heavy atom. The lowest BCUT2D eigenvalue weighted by Gasteiger charge is -2.26. The minimum absolute atomic E-state index is 0.206. The normalized spacial score (nSPS) is 14.1. The van der Waals surface area contributed by atoms with Gasteiger partial charge in [0.25, 0.3) is 11.8 Å². The number of anilines is 1. The number of imide groups is 2. The zero-order valence-corrected chi connectivity index (χ0v) is 27.2. The molecule has 11 heteroatoms. The van der Waals surface area contributed by atoms with Crippen molar-refractivity contribution < 1.29 is 28.6 Å². The average Bonchev–Trinajstić information content (AvgIpc) is 3.00. The second-order valence-corrected chi connectivity index (χ2v) is 11.8. The van der Waals surface area contributed by atoms with Gasteiger partial charge in [-0.3, -0.25) is 14.9 Å². The number of methoxy groups -OCH3 is 1. The van der Waals surface area contributed by atoms with Crippen molar-refractivity contribution in [2.45, 2.75) is 20.1 Å². The molecular formula is C33H25Cl2IN2O6. The van der Waals surface area contributed by atoms with Gasteiger partial charge in [0.2, 0.25) is 0 Å². The van der Waals surface area contributed by atoms with E-state index in [0.29, 0.717) is 43.0 Å². The number of carbonyl (C=O) groups is 3. The van der Waals surface area contributed by atoms with Crippen LogP contribution in [0.15, 0.2) is 84.4 Å². The van der Waals surface area contributed by atoms with Crippen LogP contribution in [0.25, 0.3) is 6.08 Å². The molecule has 4 aromatic rings. The van der Waals surface area contributed by atoms with Gasteiger partial charge in [-0.1, -0.05) is 59.1 Å². The molecule has 224 valence electrons. The zero-order valence-electron chi connectivity index (χ0n) is 23.5. The van der Waals surface area contributed by atoms with Crippen molar-refractivity contribution in [2.75, 3.05) is 12.0 Å². The van der Waals surface area contributed by atoms with Crippen molar-refractivity contribution in [2.24, 2.45) is 0 Å². The summed E-state index contributed by atoms with van der Waals surface area (Å²) in [6.07, 6.45) is 1.41. The molecule has 0 saturated carbocycles. The number of ether oxygens (including phenoxy) is 3. The molecule has 0 spiro atoms. The summed E-state index contributed by atoms with van der Waals surface area (Å²) in [6, 6.07) is 22.2. The van der Waals surface area contributed by atoms with E-state index in [1.807, 2.05) is 31.2 Å². The van der Waals surface area contributed by atoms with E-state index in [-0.39, 0.29) is 17.9 Å². The third-order valence-corrected chi connectivity index (χ3v) is 8.19. The average molecular weight is 743 g/mol. The number of barbiturate groups is 1. The molecule has 8 nitrogen and oxygen atoms in total. The molecule has 0 unspecified atom stereocenters. The van der Waals surface area contributed by atoms with E-state index < -0.39 is 17.8 Å². The van der Waals surface area contributed by atoms with Crippen molar-refractivity contribution in [3.63, 3.8) is 0 Å². The molecule has 5 rings (SSSR count). The van der Waals surface area contributed by atoms with E-state index in [2.05, 4.69) is 27.9 Å². The fourth-order valence-electron chi connectivity index (χ4n) is 4.35. The maximum absolute atomic E-state index is 13.5. The first kappa shape index (κ1) is 31.4. The van der Waals surface area contributed by atoms with E-state index in [9.17, 15) is 14.4 Å². The first-order chi connectivity index (χ1) is 21.1. The maximum Gasteiger partial charge on any atom is 0.335 e. The summed E-state index contributed by atoms with van der Waals surface area (Å²) >= 11 is 14.2. The van der Waals surface area contributed by atoms with Crippen LogP contribution in [0, 0.1) is 10.5 Å². The molecule has 1 aliphatic rings. The van der Waals surface area contributed by atoms with Gasteiger partial charge in [-0.25, -0.2) is 9.69 Å². The number of hydrogen-bond acceptors (Lipinski definition) is 6. The first-order valence-corrected chi connectivity index (χ1v) is 15.1. The predicted octanol–water partition coefficient (Wildman–Crippen LogP) is 7.74. The van der Waals surface area contributed by atoms with Crippen LogP contribution in [0.2, 0.25) is 10.0 Å². The highest BCUT2D eigenvalue weighted by Crippen LogP contribution is 2.36. The van der Waals surface area contributed by atoms with Crippen molar-refractivity contribution in [3.05, 3.63) is 120 Å². The molecule has 1 saturated heterocycles. The Balaban J connectivity index is 1.33. The number of benzene rings is 4. The number of nitrogens with one attached hydrogen (secondary N) is 1. The number of urea groups is 1. The third-order valence-electron chi connectivity index (χ3n) is 6.65. The molecule has 4 amide bonds. The Morgan fingerprint density at radius 2 is 1.52 bits per heavy atom. The second-order valence-electron chi connectivity index (χ2n) is 9.80. The largest absolute Gasteiger partial charge is 0.493 e. The number of nitrogens with zero attached hydrogens (tertiary/aromatic N) is 1. The molecule has 1 N–H and O–H groups in total. The van der Waals surface area contributed by atoms with Crippen LogP contribution >= 0.6 is 45.8 Å². The van der Waals surface area contributed by atoms with Crippen molar-refractivity contribution in [1.82, 2.24) is 5.32 Å². The smallest absolute Gasteiger partial charge is 0.335 e. The van der Waals surface area contributed by atoms with Gasteiger partial charge in [-0.15, -0.1) is 0 Å². The third kappa shape index (κ3) is 7.18. The fraction of sp³-hybridized carbons (Fsp3) is 0.121. The van der Waals surface area contributed by atoms with Crippen molar-refractivity contribution in [1.29, 1.82) is 0 Å². The highest BCUT2D eigenvalue weighted by Gasteiger charge is 2.37. The van der Waals surface area contributed by atoms with Crippen molar-refractivity contribution in [3.8, 4) is 17.2 Å². The summed E-state index contributed by atoms with van der Waals surface area (Å²) in [4.78, 5) is 39.9. The van der Waals surface area contributed by atoms with Crippen LogP contribution in [-0.4, -0.2) is 25.0 Å². The van der Waals surface area contributed by atoms with Crippen LogP contribution in [0.1, 0.15) is 22.3 Å². The topological polar surface area (TPSA) is 94.2 Å². The van der Waals surface area contributed by atoms with E-state index in [0.717, 1.165) is 21.6 Å². The first-order valence-electron chi connectivity index (χ1n) is 13.3. The van der Waals surface area contributed by atoms with Gasteiger partial charge in [0.05, 0.1) is 26.4 Å². The Kier molecular flexibility index (Phi) is 9.77. The summed E-state index contributed by atoms with van der Waals surface area (Å²) in [7, 11) is 1.49. The minimum atomic E-state index is -0.844. The molecule has 1 heterocycles. The monoisotopic (exact) mass is 742 g/mol. The van der Waals surface area contributed by atoms with Gasteiger partial charge in [-0.2, -0.15) is 0 Å². The summed E-state index contributed by atoms with van der Waals surface area (Å²) in [5, 5.41) is 3.11. The Morgan fingerprint density at radius 3 is 2.20 bits per heavy atom. The molecule has 4 aromatic carbocycles. The van der Waals surface area contributed by atoms with Gasteiger partial charge in [0.1, 0.15) is 24.5 Å². The van der Waals surface area contributed by atoms with Crippen LogP contribution < -0.4 is 24.4 Å². The quantitative estimate of drug-likeness (QED) is 0.107. The molecule has 0 radical (unpaired) electrons. The van der Waals surface area contributed by atoms with Crippen LogP contribution in [0.5, 0.6) is 17.2 Å². The standard InChI is InChI=1S/C33H25Cl2IN2O6/c1-19-3-5-20(6-4-19)17-43-24-10-8-23(9-11-24)38-32(40)25(31(39)37-33(38)41)13-22-15-28(36)30(29(16-22)42-2)44-18-21-7-12-26(34)27(35)14-21/h3-16H,17-18H2,1-2H3,(H,37,39,41)/b25-13+. The Hall–Kier alpha value is -4.06. The summed E-state index contributed by atoms with van der Waals surface area (Å²) in [5.74, 6) is -0.137. The number of halogens is 3. The molecule has 44 heavy (non-hydrogen) atoms. The molecule has 0 bridgehead atoms. The molecule has 0 aliphatic carbocycles. The maximum atomic E-state index is 13.5. The summed E-state index contributed by atoms with van der Waals surface area (Å²) < 4.78 is 18.1. The summed E-state index contributed by atoms with van der Waals surface area (Å²) in [5.41, 5.74) is 3.55. The number of amides is 4. The summed E-state index contributed by atoms with van der Waals surface area (Å²) in [6.45, 7) is 2.59. The number of hydrogen-bond donors (Lipinski definition) is 1. The van der Waals surface area contributed by atoms with Gasteiger partial charge in [0.15, 0.2) is 11.5 Å². The van der Waals surface area contributed by atoms with Crippen LogP contribution in [-0.2, 0) is 22.8 Å². The molecule has 1 fully saturated rings. The van der Waals surface area contributed by atoms with E-state index >= 15 is 0 Å². The Labute approximate surface area is 277 Å². The molecule has 1 aliphatic heterocycles. The van der Waals surface area contributed by atoms with Gasteiger partial charge >= 0.3 is 6.03 Å². The second kappa shape index (κ2) is 13.7. The van der Waals surface area contributed by atoms with Gasteiger partial charge in [0, 0.05) is 0 Å². The SMILES string of the molecule is COc1cc(/C=C2\C(=O)NC(=O)N(c3ccc(OCc4ccc(C)cc4)cc3)C2=O)cc(I)c1OCc1ccc(Cl)c(Cl)c1. The van der Waals surface area contributed by atoms with E-state index in [4.69, 9.17) is 37.4 Å². The molecule has 0 atom stereocenters. The lowest BCUT2D eigenvalue weighted by molar-refractivity contribution is -0.122. The number of carbonyl (C=O) groups excluding carboxylic acids is 3. The van der Waals surface area contributed by atoms with Crippen molar-refractivity contribution >= 4 is 75.4 Å². The fourth-order valence-corrected chi connectivity index (χ4v) is 5.45. The highest BCUT2D eigenvalue weighted by atomic mass is 127. The predicted molar refractivity (Wildman–Crippen MR) is 177 cm³/mol. The molecule has 0 aromatic heterocycles. The lowest BCUT2D eigenvalue weighted by atomic mass is 10.1. The van der Waals surface area contributed by atoms with Crippen LogP contribution in [0.3, 0.4) is 0 Å². The minimum Gasteiger partial charge on any atom is -0.493 e. The highest BCUT2D eigenvalue weighted by molar-refractivity contribution is 14.1. The van der Waals surface area contributed by atoms with E-state index in [1.54, 1.807) is 54.6 Å². The number of rotatable bonds is 9. The number of aryl methyl sites for hydroxylation is 1. The zero-order chi connectivity index (χ0) is 31.4. The van der Waals surface area contributed by atoms with Gasteiger partial charge < -0.3 is 14.2 Å². The van der Waals surface area contributed by atoms with Gasteiger partial charge in [-0.05, 0) is 101 Å².